The van der Waals surface area contributed by atoms with E-state index in [4.69, 9.17) is 4.74 Å². The lowest BCUT2D eigenvalue weighted by atomic mass is 9.72. The minimum atomic E-state index is -0.180. The molecule has 4 nitrogen and oxygen atoms in total. The highest BCUT2D eigenvalue weighted by atomic mass is 16.5. The number of hydrogen-bond donors (Lipinski definition) is 1. The second kappa shape index (κ2) is 9.58. The van der Waals surface area contributed by atoms with Crippen LogP contribution in [0, 0.1) is 11.8 Å². The molecule has 0 saturated heterocycles. The highest BCUT2D eigenvalue weighted by Gasteiger charge is 2.29. The van der Waals surface area contributed by atoms with Crippen molar-refractivity contribution < 1.29 is 9.53 Å². The van der Waals surface area contributed by atoms with Crippen LogP contribution in [0.15, 0.2) is 29.4 Å². The molecule has 0 bridgehead atoms. The molecule has 0 spiro atoms. The summed E-state index contributed by atoms with van der Waals surface area (Å²) < 4.78 is 5.64. The fourth-order valence-corrected chi connectivity index (χ4v) is 4.57. The van der Waals surface area contributed by atoms with Gasteiger partial charge in [0.2, 0.25) is 0 Å². The monoisotopic (exact) mass is 384 g/mol. The molecular formula is C24H36N2O2. The van der Waals surface area contributed by atoms with Gasteiger partial charge >= 0.3 is 0 Å². The summed E-state index contributed by atoms with van der Waals surface area (Å²) in [6.07, 6.45) is 11.5. The van der Waals surface area contributed by atoms with Crippen LogP contribution in [-0.2, 0) is 10.2 Å². The van der Waals surface area contributed by atoms with E-state index in [-0.39, 0.29) is 17.9 Å². The normalized spacial score (nSPS) is 22.8. The summed E-state index contributed by atoms with van der Waals surface area (Å²) in [6, 6.07) is 7.98. The lowest BCUT2D eigenvalue weighted by molar-refractivity contribution is -0.123. The Kier molecular flexibility index (Phi) is 7.14. The molecule has 0 radical (unpaired) electrons. The summed E-state index contributed by atoms with van der Waals surface area (Å²) in [5, 5.41) is 4.54. The summed E-state index contributed by atoms with van der Waals surface area (Å²) in [6.45, 7) is 6.55. The Labute approximate surface area is 170 Å². The van der Waals surface area contributed by atoms with E-state index in [1.165, 1.54) is 62.6 Å². The van der Waals surface area contributed by atoms with E-state index < -0.39 is 0 Å². The summed E-state index contributed by atoms with van der Waals surface area (Å²) >= 11 is 0. The Balaban J connectivity index is 1.50. The average molecular weight is 385 g/mol. The van der Waals surface area contributed by atoms with Crippen molar-refractivity contribution in [1.82, 2.24) is 5.43 Å². The third-order valence-corrected chi connectivity index (χ3v) is 6.26. The third kappa shape index (κ3) is 5.83. The topological polar surface area (TPSA) is 50.7 Å². The van der Waals surface area contributed by atoms with Crippen LogP contribution in [0.4, 0.5) is 0 Å². The number of nitrogens with zero attached hydrogens (tertiary/aromatic N) is 1. The van der Waals surface area contributed by atoms with Gasteiger partial charge in [0.05, 0.1) is 0 Å². The zero-order valence-electron chi connectivity index (χ0n) is 17.8. The molecule has 1 N–H and O–H groups in total. The maximum atomic E-state index is 12.2. The molecule has 0 unspecified atom stereocenters. The van der Waals surface area contributed by atoms with E-state index in [0.717, 1.165) is 12.3 Å². The molecular weight excluding hydrogens is 348 g/mol. The standard InChI is InChI=1S/C24H36N2O2/c1-24(2,3)19-13-15-20(16-14-19)28-17-23(27)26-25-22-12-8-7-11-21(22)18-9-5-4-6-10-18/h13-16,18,21H,4-12,17H2,1-3H3,(H,26,27)/b25-22+/t21-/m0/s1. The van der Waals surface area contributed by atoms with E-state index in [2.05, 4.69) is 43.4 Å². The lowest BCUT2D eigenvalue weighted by Gasteiger charge is -2.33. The number of carbonyl (C=O) groups excluding carboxylic acids is 1. The first-order valence-corrected chi connectivity index (χ1v) is 11.0. The summed E-state index contributed by atoms with van der Waals surface area (Å²) in [5.41, 5.74) is 5.32. The Bertz CT molecular complexity index is 667. The van der Waals surface area contributed by atoms with Gasteiger partial charge in [0.15, 0.2) is 6.61 Å². The van der Waals surface area contributed by atoms with Crippen molar-refractivity contribution in [2.45, 2.75) is 84.0 Å². The van der Waals surface area contributed by atoms with Crippen molar-refractivity contribution >= 4 is 11.6 Å². The van der Waals surface area contributed by atoms with Crippen LogP contribution >= 0.6 is 0 Å². The zero-order chi connectivity index (χ0) is 20.0. The second-order valence-electron chi connectivity index (χ2n) is 9.45. The molecule has 1 amide bonds. The molecule has 1 aromatic carbocycles. The summed E-state index contributed by atoms with van der Waals surface area (Å²) in [7, 11) is 0. The summed E-state index contributed by atoms with van der Waals surface area (Å²) in [4.78, 5) is 12.2. The first-order chi connectivity index (χ1) is 13.4. The molecule has 0 heterocycles. The molecule has 0 aliphatic heterocycles. The van der Waals surface area contributed by atoms with Gasteiger partial charge in [-0.2, -0.15) is 5.10 Å². The predicted molar refractivity (Wildman–Crippen MR) is 115 cm³/mol. The van der Waals surface area contributed by atoms with Crippen molar-refractivity contribution in [2.24, 2.45) is 16.9 Å². The van der Waals surface area contributed by atoms with Crippen LogP contribution < -0.4 is 10.2 Å². The minimum absolute atomic E-state index is 0.000258. The van der Waals surface area contributed by atoms with E-state index in [1.807, 2.05) is 12.1 Å². The number of nitrogens with one attached hydrogen (secondary N) is 1. The van der Waals surface area contributed by atoms with Crippen molar-refractivity contribution in [2.75, 3.05) is 6.61 Å². The van der Waals surface area contributed by atoms with Gasteiger partial charge in [-0.3, -0.25) is 4.79 Å². The van der Waals surface area contributed by atoms with E-state index in [1.54, 1.807) is 0 Å². The first kappa shape index (κ1) is 20.9. The van der Waals surface area contributed by atoms with Crippen LogP contribution in [0.1, 0.15) is 84.1 Å². The lowest BCUT2D eigenvalue weighted by Crippen LogP contribution is -2.32. The highest BCUT2D eigenvalue weighted by molar-refractivity contribution is 5.89. The Morgan fingerprint density at radius 1 is 1.04 bits per heavy atom. The molecule has 2 fully saturated rings. The number of rotatable bonds is 5. The van der Waals surface area contributed by atoms with Gasteiger partial charge in [0, 0.05) is 11.6 Å². The van der Waals surface area contributed by atoms with Gasteiger partial charge in [0.25, 0.3) is 5.91 Å². The van der Waals surface area contributed by atoms with E-state index in [9.17, 15) is 4.79 Å². The van der Waals surface area contributed by atoms with Crippen LogP contribution in [0.2, 0.25) is 0 Å². The van der Waals surface area contributed by atoms with Gasteiger partial charge in [0.1, 0.15) is 5.75 Å². The van der Waals surface area contributed by atoms with Gasteiger partial charge in [-0.25, -0.2) is 5.43 Å². The van der Waals surface area contributed by atoms with Gasteiger partial charge in [-0.05, 0) is 61.1 Å². The molecule has 2 aliphatic carbocycles. The Hall–Kier alpha value is -1.84. The molecule has 2 saturated carbocycles. The maximum Gasteiger partial charge on any atom is 0.277 e. The van der Waals surface area contributed by atoms with Crippen molar-refractivity contribution in [3.05, 3.63) is 29.8 Å². The third-order valence-electron chi connectivity index (χ3n) is 6.26. The SMILES string of the molecule is CC(C)(C)c1ccc(OCC(=O)N/N=C2\CCCC[C@H]2C2CCCCC2)cc1. The number of hydrazone groups is 1. The molecule has 4 heteroatoms. The van der Waals surface area contributed by atoms with Crippen molar-refractivity contribution in [1.29, 1.82) is 0 Å². The molecule has 2 aliphatic rings. The molecule has 1 aromatic rings. The van der Waals surface area contributed by atoms with Crippen LogP contribution in [0.5, 0.6) is 5.75 Å². The second-order valence-corrected chi connectivity index (χ2v) is 9.45. The Morgan fingerprint density at radius 2 is 1.71 bits per heavy atom. The van der Waals surface area contributed by atoms with Gasteiger partial charge in [-0.15, -0.1) is 0 Å². The number of ether oxygens (including phenoxy) is 1. The van der Waals surface area contributed by atoms with Crippen molar-refractivity contribution in [3.8, 4) is 5.75 Å². The number of amides is 1. The molecule has 1 atom stereocenters. The quantitative estimate of drug-likeness (QED) is 0.671. The number of benzene rings is 1. The molecule has 28 heavy (non-hydrogen) atoms. The van der Waals surface area contributed by atoms with Crippen molar-refractivity contribution in [3.63, 3.8) is 0 Å². The molecule has 3 rings (SSSR count). The van der Waals surface area contributed by atoms with Crippen LogP contribution in [-0.4, -0.2) is 18.2 Å². The van der Waals surface area contributed by atoms with E-state index >= 15 is 0 Å². The average Bonchev–Trinajstić information content (AvgIpc) is 2.71. The van der Waals surface area contributed by atoms with Crippen LogP contribution in [0.25, 0.3) is 0 Å². The predicted octanol–water partition coefficient (Wildman–Crippen LogP) is 5.61. The molecule has 154 valence electrons. The number of hydrogen-bond acceptors (Lipinski definition) is 3. The zero-order valence-corrected chi connectivity index (χ0v) is 17.8. The fraction of sp³-hybridized carbons (Fsp3) is 0.667. The fourth-order valence-electron chi connectivity index (χ4n) is 4.57. The summed E-state index contributed by atoms with van der Waals surface area (Å²) in [5.74, 6) is 1.87. The Morgan fingerprint density at radius 3 is 2.39 bits per heavy atom. The largest absolute Gasteiger partial charge is 0.484 e. The van der Waals surface area contributed by atoms with E-state index in [0.29, 0.717) is 11.7 Å². The smallest absolute Gasteiger partial charge is 0.277 e. The maximum absolute atomic E-state index is 12.2. The van der Waals surface area contributed by atoms with Gasteiger partial charge in [-0.1, -0.05) is 58.6 Å². The molecule has 0 aromatic heterocycles. The van der Waals surface area contributed by atoms with Crippen LogP contribution in [0.3, 0.4) is 0 Å². The minimum Gasteiger partial charge on any atom is -0.484 e. The van der Waals surface area contributed by atoms with Gasteiger partial charge < -0.3 is 4.74 Å². The first-order valence-electron chi connectivity index (χ1n) is 11.0. The number of carbonyl (C=O) groups is 1. The highest BCUT2D eigenvalue weighted by Crippen LogP contribution is 2.36.